The third-order valence-electron chi connectivity index (χ3n) is 1.93. The number of hydrogen-bond acceptors (Lipinski definition) is 1. The number of hydrogen-bond donors (Lipinski definition) is 0. The smallest absolute Gasteiger partial charge is 0.0538 e. The van der Waals surface area contributed by atoms with Crippen LogP contribution in [0.1, 0.15) is 12.0 Å². The molecule has 1 unspecified atom stereocenters. The molecule has 0 bridgehead atoms. The molecule has 1 heterocycles. The van der Waals surface area contributed by atoms with Crippen LogP contribution in [-0.4, -0.2) is 9.96 Å². The van der Waals surface area contributed by atoms with Crippen LogP contribution in [0.15, 0.2) is 35.2 Å². The van der Waals surface area contributed by atoms with Gasteiger partial charge in [-0.25, -0.2) is 0 Å². The predicted octanol–water partition coefficient (Wildman–Crippen LogP) is 2.21. The molecule has 0 N–H and O–H groups in total. The molecule has 62 valence electrons. The normalized spacial score (nSPS) is 21.5. The monoisotopic (exact) mass is 178 g/mol. The Kier molecular flexibility index (Phi) is 2.09. The lowest BCUT2D eigenvalue weighted by Gasteiger charge is -2.00. The average Bonchev–Trinajstić information content (AvgIpc) is 2.29. The number of benzene rings is 1. The van der Waals surface area contributed by atoms with Gasteiger partial charge in [0.05, 0.1) is 10.8 Å². The van der Waals surface area contributed by atoms with Crippen molar-refractivity contribution in [2.75, 3.05) is 5.75 Å². The first-order chi connectivity index (χ1) is 5.88. The van der Waals surface area contributed by atoms with E-state index in [9.17, 15) is 4.21 Å². The fourth-order valence-corrected chi connectivity index (χ4v) is 2.52. The summed E-state index contributed by atoms with van der Waals surface area (Å²) in [6, 6.07) is 7.87. The standard InChI is InChI=1S/C10H10OS/c11-12-8-4-3-6-9-5-1-2-7-10(9)12/h1-3,5-7H,4,8H2. The minimum Gasteiger partial charge on any atom is -0.254 e. The van der Waals surface area contributed by atoms with Crippen molar-refractivity contribution >= 4 is 16.9 Å². The quantitative estimate of drug-likeness (QED) is 0.595. The van der Waals surface area contributed by atoms with Crippen molar-refractivity contribution in [3.63, 3.8) is 0 Å². The molecule has 1 aromatic carbocycles. The molecule has 1 aliphatic rings. The maximum Gasteiger partial charge on any atom is 0.0538 e. The van der Waals surface area contributed by atoms with Gasteiger partial charge in [0.2, 0.25) is 0 Å². The fourth-order valence-electron chi connectivity index (χ4n) is 1.32. The van der Waals surface area contributed by atoms with Crippen LogP contribution in [-0.2, 0) is 10.8 Å². The lowest BCUT2D eigenvalue weighted by molar-refractivity contribution is 0.683. The van der Waals surface area contributed by atoms with E-state index >= 15 is 0 Å². The Morgan fingerprint density at radius 1 is 1.25 bits per heavy atom. The van der Waals surface area contributed by atoms with E-state index in [2.05, 4.69) is 12.2 Å². The molecule has 0 amide bonds. The van der Waals surface area contributed by atoms with Crippen LogP contribution in [0.4, 0.5) is 0 Å². The van der Waals surface area contributed by atoms with Crippen molar-refractivity contribution in [3.05, 3.63) is 35.9 Å². The van der Waals surface area contributed by atoms with Gasteiger partial charge in [-0.05, 0) is 18.1 Å². The lowest BCUT2D eigenvalue weighted by atomic mass is 10.2. The molecule has 0 aromatic heterocycles. The molecule has 1 atom stereocenters. The molecule has 12 heavy (non-hydrogen) atoms. The summed E-state index contributed by atoms with van der Waals surface area (Å²) >= 11 is 0. The largest absolute Gasteiger partial charge is 0.254 e. The summed E-state index contributed by atoms with van der Waals surface area (Å²) in [5.41, 5.74) is 1.10. The van der Waals surface area contributed by atoms with Gasteiger partial charge in [-0.1, -0.05) is 30.4 Å². The summed E-state index contributed by atoms with van der Waals surface area (Å²) in [5.74, 6) is 0.757. The summed E-state index contributed by atoms with van der Waals surface area (Å²) in [4.78, 5) is 0.978. The van der Waals surface area contributed by atoms with Gasteiger partial charge in [-0.15, -0.1) is 0 Å². The first-order valence-corrected chi connectivity index (χ1v) is 5.34. The van der Waals surface area contributed by atoms with Gasteiger partial charge in [0.15, 0.2) is 0 Å². The van der Waals surface area contributed by atoms with Crippen molar-refractivity contribution in [2.45, 2.75) is 11.3 Å². The second-order valence-corrected chi connectivity index (χ2v) is 4.32. The molecular formula is C10H10OS. The Balaban J connectivity index is 2.56. The van der Waals surface area contributed by atoms with Crippen molar-refractivity contribution in [2.24, 2.45) is 0 Å². The maximum atomic E-state index is 11.6. The predicted molar refractivity (Wildman–Crippen MR) is 51.4 cm³/mol. The zero-order valence-electron chi connectivity index (χ0n) is 6.69. The third kappa shape index (κ3) is 1.34. The van der Waals surface area contributed by atoms with Crippen LogP contribution < -0.4 is 0 Å². The summed E-state index contributed by atoms with van der Waals surface area (Å²) < 4.78 is 11.6. The van der Waals surface area contributed by atoms with E-state index in [0.717, 1.165) is 22.6 Å². The van der Waals surface area contributed by atoms with E-state index in [-0.39, 0.29) is 0 Å². The molecule has 1 nitrogen and oxygen atoms in total. The first kappa shape index (κ1) is 7.74. The molecule has 0 spiro atoms. The molecular weight excluding hydrogens is 168 g/mol. The summed E-state index contributed by atoms with van der Waals surface area (Å²) in [6.45, 7) is 0. The Morgan fingerprint density at radius 3 is 3.00 bits per heavy atom. The van der Waals surface area contributed by atoms with Crippen molar-refractivity contribution in [1.29, 1.82) is 0 Å². The van der Waals surface area contributed by atoms with Crippen LogP contribution in [0.25, 0.3) is 6.08 Å². The van der Waals surface area contributed by atoms with Gasteiger partial charge < -0.3 is 0 Å². The van der Waals surface area contributed by atoms with Crippen LogP contribution in [0, 0.1) is 0 Å². The third-order valence-corrected chi connectivity index (χ3v) is 3.40. The van der Waals surface area contributed by atoms with Gasteiger partial charge >= 0.3 is 0 Å². The number of rotatable bonds is 0. The average molecular weight is 178 g/mol. The summed E-state index contributed by atoms with van der Waals surface area (Å²) in [6.07, 6.45) is 5.06. The zero-order valence-corrected chi connectivity index (χ0v) is 7.51. The maximum absolute atomic E-state index is 11.6. The number of allylic oxidation sites excluding steroid dienone is 1. The van der Waals surface area contributed by atoms with E-state index in [1.165, 1.54) is 0 Å². The van der Waals surface area contributed by atoms with Crippen LogP contribution >= 0.6 is 0 Å². The van der Waals surface area contributed by atoms with E-state index in [0.29, 0.717) is 0 Å². The molecule has 0 saturated heterocycles. The molecule has 0 saturated carbocycles. The SMILES string of the molecule is O=S1CCC=Cc2ccccc21. The molecule has 2 rings (SSSR count). The molecule has 0 fully saturated rings. The second kappa shape index (κ2) is 3.23. The highest BCUT2D eigenvalue weighted by Crippen LogP contribution is 2.19. The second-order valence-electron chi connectivity index (χ2n) is 2.78. The molecule has 1 aliphatic heterocycles. The van der Waals surface area contributed by atoms with Gasteiger partial charge in [-0.2, -0.15) is 0 Å². The Hall–Kier alpha value is -0.890. The molecule has 0 radical (unpaired) electrons. The highest BCUT2D eigenvalue weighted by Gasteiger charge is 2.08. The Morgan fingerprint density at radius 2 is 2.08 bits per heavy atom. The zero-order chi connectivity index (χ0) is 8.39. The number of fused-ring (bicyclic) bond motifs is 1. The molecule has 2 heteroatoms. The molecule has 0 aliphatic carbocycles. The van der Waals surface area contributed by atoms with E-state index in [4.69, 9.17) is 0 Å². The first-order valence-electron chi connectivity index (χ1n) is 4.02. The summed E-state index contributed by atoms with van der Waals surface area (Å²) in [5, 5.41) is 0. The van der Waals surface area contributed by atoms with Gasteiger partial charge in [-0.3, -0.25) is 4.21 Å². The molecule has 1 aromatic rings. The van der Waals surface area contributed by atoms with E-state index < -0.39 is 10.8 Å². The van der Waals surface area contributed by atoms with Crippen molar-refractivity contribution < 1.29 is 4.21 Å². The highest BCUT2D eigenvalue weighted by atomic mass is 32.2. The van der Waals surface area contributed by atoms with Gasteiger partial charge in [0.25, 0.3) is 0 Å². The van der Waals surface area contributed by atoms with E-state index in [1.807, 2.05) is 24.3 Å². The van der Waals surface area contributed by atoms with Gasteiger partial charge in [0, 0.05) is 10.6 Å². The Bertz CT molecular complexity index is 341. The van der Waals surface area contributed by atoms with E-state index in [1.54, 1.807) is 0 Å². The van der Waals surface area contributed by atoms with Crippen molar-refractivity contribution in [1.82, 2.24) is 0 Å². The van der Waals surface area contributed by atoms with Crippen LogP contribution in [0.3, 0.4) is 0 Å². The topological polar surface area (TPSA) is 17.1 Å². The fraction of sp³-hybridized carbons (Fsp3) is 0.200. The van der Waals surface area contributed by atoms with Crippen LogP contribution in [0.2, 0.25) is 0 Å². The highest BCUT2D eigenvalue weighted by molar-refractivity contribution is 7.85. The van der Waals surface area contributed by atoms with Crippen molar-refractivity contribution in [3.8, 4) is 0 Å². The lowest BCUT2D eigenvalue weighted by Crippen LogP contribution is -1.96. The van der Waals surface area contributed by atoms with Gasteiger partial charge in [0.1, 0.15) is 0 Å². The Labute approximate surface area is 74.6 Å². The minimum atomic E-state index is -0.795. The summed E-state index contributed by atoms with van der Waals surface area (Å²) in [7, 11) is -0.795. The van der Waals surface area contributed by atoms with Crippen LogP contribution in [0.5, 0.6) is 0 Å². The minimum absolute atomic E-state index is 0.757.